The van der Waals surface area contributed by atoms with Crippen LogP contribution in [0.15, 0.2) is 55.1 Å². The summed E-state index contributed by atoms with van der Waals surface area (Å²) in [5.74, 6) is -1.78. The fourth-order valence-electron chi connectivity index (χ4n) is 4.15. The van der Waals surface area contributed by atoms with Gasteiger partial charge in [0.2, 0.25) is 0 Å². The van der Waals surface area contributed by atoms with Gasteiger partial charge in [0.1, 0.15) is 17.0 Å². The number of aromatic amines is 1. The minimum atomic E-state index is -1.18. The number of carboxylic acid groups (broad SMARTS) is 1. The van der Waals surface area contributed by atoms with Crippen molar-refractivity contribution in [2.24, 2.45) is 0 Å². The van der Waals surface area contributed by atoms with Crippen molar-refractivity contribution >= 4 is 22.7 Å². The van der Waals surface area contributed by atoms with Gasteiger partial charge in [0.05, 0.1) is 29.9 Å². The molecule has 1 fully saturated rings. The van der Waals surface area contributed by atoms with Gasteiger partial charge in [0.25, 0.3) is 0 Å². The van der Waals surface area contributed by atoms with E-state index >= 15 is 0 Å². The summed E-state index contributed by atoms with van der Waals surface area (Å²) in [5, 5.41) is 23.9. The molecule has 1 saturated heterocycles. The number of hydrogen-bond donors (Lipinski definition) is 2. The van der Waals surface area contributed by atoms with Crippen LogP contribution in [-0.2, 0) is 5.54 Å². The summed E-state index contributed by atoms with van der Waals surface area (Å²) in [7, 11) is 0. The molecule has 1 aromatic carbocycles. The number of hydrogen-bond acceptors (Lipinski definition) is 6. The Hall–Kier alpha value is -3.67. The van der Waals surface area contributed by atoms with E-state index in [0.717, 1.165) is 28.2 Å². The van der Waals surface area contributed by atoms with Gasteiger partial charge in [-0.3, -0.25) is 4.68 Å². The Labute approximate surface area is 205 Å². The fourth-order valence-corrected chi connectivity index (χ4v) is 4.15. The zero-order chi connectivity index (χ0) is 21.6. The van der Waals surface area contributed by atoms with Gasteiger partial charge in [0.15, 0.2) is 0 Å². The average Bonchev–Trinajstić information content (AvgIpc) is 3.40. The van der Waals surface area contributed by atoms with Gasteiger partial charge in [-0.2, -0.15) is 10.4 Å². The molecule has 0 aliphatic carbocycles. The fraction of sp³-hybridized carbons (Fsp3) is 0.182. The van der Waals surface area contributed by atoms with Crippen molar-refractivity contribution in [1.29, 1.82) is 5.26 Å². The zero-order valence-electron chi connectivity index (χ0n) is 18.2. The van der Waals surface area contributed by atoms with E-state index in [4.69, 9.17) is 5.11 Å². The molecule has 170 valence electrons. The summed E-state index contributed by atoms with van der Waals surface area (Å²) in [6, 6.07) is 9.94. The molecule has 5 rings (SSSR count). The smallest absolute Gasteiger partial charge is 0.870 e. The van der Waals surface area contributed by atoms with E-state index in [9.17, 15) is 14.4 Å². The molecule has 34 heavy (non-hydrogen) atoms. The first kappa shape index (κ1) is 26.6. The molecular formula is C22H20FLiN6O4. The van der Waals surface area contributed by atoms with Gasteiger partial charge in [-0.05, 0) is 35.9 Å². The minimum absolute atomic E-state index is 0. The van der Waals surface area contributed by atoms with Crippen molar-refractivity contribution in [2.75, 3.05) is 18.0 Å². The molecule has 0 bridgehead atoms. The number of aromatic carboxylic acids is 1. The van der Waals surface area contributed by atoms with Crippen molar-refractivity contribution in [1.82, 2.24) is 19.7 Å². The molecule has 4 heterocycles. The number of benzene rings is 1. The molecule has 4 aromatic rings. The van der Waals surface area contributed by atoms with Crippen LogP contribution in [-0.4, -0.2) is 54.9 Å². The maximum Gasteiger partial charge on any atom is 1.00 e. The number of carbonyl (C=O) groups is 1. The predicted molar refractivity (Wildman–Crippen MR) is 117 cm³/mol. The van der Waals surface area contributed by atoms with Crippen molar-refractivity contribution < 1.29 is 44.1 Å². The summed E-state index contributed by atoms with van der Waals surface area (Å²) < 4.78 is 16.2. The maximum atomic E-state index is 14.5. The number of halogens is 1. The quantitative estimate of drug-likeness (QED) is 0.376. The molecule has 1 aliphatic heterocycles. The maximum absolute atomic E-state index is 14.5. The van der Waals surface area contributed by atoms with Crippen LogP contribution in [0.2, 0.25) is 0 Å². The minimum Gasteiger partial charge on any atom is -0.870 e. The third kappa shape index (κ3) is 4.28. The number of nitrogens with one attached hydrogen (secondary N) is 1. The summed E-state index contributed by atoms with van der Waals surface area (Å²) >= 11 is 0. The summed E-state index contributed by atoms with van der Waals surface area (Å²) in [6.45, 7) is 0.780. The van der Waals surface area contributed by atoms with E-state index in [2.05, 4.69) is 21.1 Å². The van der Waals surface area contributed by atoms with Crippen LogP contribution in [0.25, 0.3) is 22.2 Å². The molecule has 3 aromatic heterocycles. The Kier molecular flexibility index (Phi) is 7.88. The molecule has 0 radical (unpaired) electrons. The number of rotatable bonds is 5. The zero-order valence-corrected chi connectivity index (χ0v) is 18.2. The first-order chi connectivity index (χ1) is 15.0. The number of aromatic nitrogens is 4. The van der Waals surface area contributed by atoms with Crippen LogP contribution >= 0.6 is 0 Å². The van der Waals surface area contributed by atoms with E-state index in [1.165, 1.54) is 12.1 Å². The molecule has 5 N–H and O–H groups in total. The number of carboxylic acids is 1. The molecular weight excluding hydrogens is 438 g/mol. The van der Waals surface area contributed by atoms with E-state index < -0.39 is 17.3 Å². The van der Waals surface area contributed by atoms with Gasteiger partial charge in [0, 0.05) is 42.6 Å². The molecule has 10 nitrogen and oxygen atoms in total. The summed E-state index contributed by atoms with van der Waals surface area (Å²) in [5.41, 5.74) is 2.29. The van der Waals surface area contributed by atoms with E-state index in [-0.39, 0.29) is 41.8 Å². The summed E-state index contributed by atoms with van der Waals surface area (Å²) in [6.07, 6.45) is 7.43. The molecule has 0 amide bonds. The van der Waals surface area contributed by atoms with Crippen LogP contribution in [0.1, 0.15) is 16.8 Å². The first-order valence-electron chi connectivity index (χ1n) is 9.63. The van der Waals surface area contributed by atoms with Crippen molar-refractivity contribution in [2.45, 2.75) is 12.0 Å². The van der Waals surface area contributed by atoms with Gasteiger partial charge in [-0.1, -0.05) is 0 Å². The van der Waals surface area contributed by atoms with Crippen LogP contribution in [0.5, 0.6) is 0 Å². The Bertz CT molecular complexity index is 1360. The number of fused-ring (bicyclic) bond motifs is 1. The monoisotopic (exact) mass is 458 g/mol. The first-order valence-corrected chi connectivity index (χ1v) is 9.63. The molecule has 1 aliphatic rings. The molecule has 0 atom stereocenters. The number of H-pyrrole nitrogens is 1. The Morgan fingerprint density at radius 2 is 2.06 bits per heavy atom. The van der Waals surface area contributed by atoms with E-state index in [1.54, 1.807) is 22.0 Å². The molecule has 12 heteroatoms. The Balaban J connectivity index is 0.00000136. The van der Waals surface area contributed by atoms with E-state index in [0.29, 0.717) is 18.8 Å². The Morgan fingerprint density at radius 1 is 1.29 bits per heavy atom. The average molecular weight is 458 g/mol. The van der Waals surface area contributed by atoms with Gasteiger partial charge in [-0.15, -0.1) is 0 Å². The largest absolute Gasteiger partial charge is 1.00 e. The summed E-state index contributed by atoms with van der Waals surface area (Å²) in [4.78, 5) is 20.2. The second kappa shape index (κ2) is 10.1. The molecule has 0 spiro atoms. The topological polar surface area (TPSA) is 172 Å². The van der Waals surface area contributed by atoms with Crippen LogP contribution in [0.4, 0.5) is 10.1 Å². The van der Waals surface area contributed by atoms with Crippen molar-refractivity contribution in [3.8, 4) is 17.2 Å². The van der Waals surface area contributed by atoms with Crippen LogP contribution in [0.3, 0.4) is 0 Å². The SMILES string of the molecule is N#CCC1(n2cc(-c3ccnc4[nH]ccc34)cn2)CN(c2ccc(C(=O)O)cc2F)C1.O.[Li+].[OH-]. The third-order valence-electron chi connectivity index (χ3n) is 5.75. The molecule has 0 unspecified atom stereocenters. The third-order valence-corrected chi connectivity index (χ3v) is 5.75. The van der Waals surface area contributed by atoms with Gasteiger partial charge >= 0.3 is 24.8 Å². The van der Waals surface area contributed by atoms with Crippen molar-refractivity contribution in [3.05, 3.63) is 66.5 Å². The normalized spacial score (nSPS) is 13.6. The van der Waals surface area contributed by atoms with E-state index in [1.807, 2.05) is 24.5 Å². The standard InChI is InChI=1S/C22H17FN6O2.Li.2H2O/c23-18-9-14(21(30)31)1-2-19(18)28-12-22(13-28,5-6-24)29-11-15(10-27-29)16-3-7-25-20-17(16)4-8-26-20;;;/h1-4,7-11H,5,12-13H2,(H,25,26)(H,30,31);;2*1H2/q;+1;;/p-1. The van der Waals surface area contributed by atoms with Crippen LogP contribution in [0, 0.1) is 17.1 Å². The van der Waals surface area contributed by atoms with Gasteiger partial charge < -0.3 is 25.9 Å². The number of nitrogens with zero attached hydrogens (tertiary/aromatic N) is 5. The molecule has 0 saturated carbocycles. The Morgan fingerprint density at radius 3 is 2.74 bits per heavy atom. The predicted octanol–water partition coefficient (Wildman–Crippen LogP) is -0.605. The number of nitriles is 1. The second-order valence-corrected chi connectivity index (χ2v) is 7.66. The second-order valence-electron chi connectivity index (χ2n) is 7.66. The number of anilines is 1. The number of pyridine rings is 1. The van der Waals surface area contributed by atoms with Gasteiger partial charge in [-0.25, -0.2) is 14.2 Å². The van der Waals surface area contributed by atoms with Crippen molar-refractivity contribution in [3.63, 3.8) is 0 Å². The van der Waals surface area contributed by atoms with Crippen LogP contribution < -0.4 is 23.8 Å².